The molecular formula is C15H22FN3OS. The summed E-state index contributed by atoms with van der Waals surface area (Å²) >= 11 is 1.85. The molecule has 0 saturated carbocycles. The van der Waals surface area contributed by atoms with Gasteiger partial charge in [-0.1, -0.05) is 0 Å². The Morgan fingerprint density at radius 1 is 1.48 bits per heavy atom. The van der Waals surface area contributed by atoms with E-state index in [-0.39, 0.29) is 23.8 Å². The maximum Gasteiger partial charge on any atom is 0.226 e. The summed E-state index contributed by atoms with van der Waals surface area (Å²) in [7, 11) is 0. The van der Waals surface area contributed by atoms with Gasteiger partial charge in [0, 0.05) is 36.6 Å². The lowest BCUT2D eigenvalue weighted by Gasteiger charge is -2.23. The average molecular weight is 311 g/mol. The number of rotatable bonds is 5. The Balaban J connectivity index is 1.99. The van der Waals surface area contributed by atoms with Crippen molar-refractivity contribution in [3.63, 3.8) is 0 Å². The normalized spacial score (nSPS) is 18.6. The fraction of sp³-hybridized carbons (Fsp3) is 0.533. The number of amides is 1. The van der Waals surface area contributed by atoms with Crippen LogP contribution in [0.15, 0.2) is 18.2 Å². The van der Waals surface area contributed by atoms with E-state index in [1.807, 2.05) is 25.6 Å². The molecule has 1 aliphatic rings. The zero-order valence-corrected chi connectivity index (χ0v) is 13.2. The molecule has 21 heavy (non-hydrogen) atoms. The molecule has 1 heterocycles. The maximum atomic E-state index is 13.4. The van der Waals surface area contributed by atoms with Crippen molar-refractivity contribution in [2.45, 2.75) is 32.4 Å². The first-order chi connectivity index (χ1) is 10.0. The molecule has 0 radical (unpaired) electrons. The quantitative estimate of drug-likeness (QED) is 0.782. The molecule has 1 fully saturated rings. The standard InChI is InChI=1S/C15H22FN3OS/c1-10(2)18-13-4-3-11(16)7-14(13)19-15(20)8-12-9-21-6-5-17-12/h3-4,7,10,12,17-18H,5-6,8-9H2,1-2H3,(H,19,20). The molecular weight excluding hydrogens is 289 g/mol. The summed E-state index contributed by atoms with van der Waals surface area (Å²) in [5.41, 5.74) is 1.24. The van der Waals surface area contributed by atoms with E-state index in [1.54, 1.807) is 6.07 Å². The van der Waals surface area contributed by atoms with Crippen LogP contribution in [0.3, 0.4) is 0 Å². The zero-order chi connectivity index (χ0) is 15.2. The lowest BCUT2D eigenvalue weighted by atomic mass is 10.2. The molecule has 1 atom stereocenters. The average Bonchev–Trinajstić information content (AvgIpc) is 2.42. The van der Waals surface area contributed by atoms with Crippen molar-refractivity contribution in [1.29, 1.82) is 0 Å². The van der Waals surface area contributed by atoms with Crippen LogP contribution in [-0.2, 0) is 4.79 Å². The first-order valence-corrected chi connectivity index (χ1v) is 8.37. The van der Waals surface area contributed by atoms with Gasteiger partial charge in [0.1, 0.15) is 5.82 Å². The molecule has 6 heteroatoms. The number of anilines is 2. The predicted molar refractivity (Wildman–Crippen MR) is 87.5 cm³/mol. The summed E-state index contributed by atoms with van der Waals surface area (Å²) in [6.45, 7) is 4.93. The largest absolute Gasteiger partial charge is 0.381 e. The Hall–Kier alpha value is -1.27. The second-order valence-electron chi connectivity index (χ2n) is 5.47. The number of hydrogen-bond acceptors (Lipinski definition) is 4. The number of halogens is 1. The van der Waals surface area contributed by atoms with E-state index >= 15 is 0 Å². The highest BCUT2D eigenvalue weighted by atomic mass is 32.2. The highest BCUT2D eigenvalue weighted by Gasteiger charge is 2.17. The van der Waals surface area contributed by atoms with Crippen molar-refractivity contribution in [3.05, 3.63) is 24.0 Å². The monoisotopic (exact) mass is 311 g/mol. The Kier molecular flexibility index (Phi) is 5.87. The van der Waals surface area contributed by atoms with Crippen molar-refractivity contribution in [3.8, 4) is 0 Å². The number of nitrogens with one attached hydrogen (secondary N) is 3. The van der Waals surface area contributed by atoms with Gasteiger partial charge >= 0.3 is 0 Å². The SMILES string of the molecule is CC(C)Nc1ccc(F)cc1NC(=O)CC1CSCCN1. The number of carbonyl (C=O) groups excluding carboxylic acids is 1. The Bertz CT molecular complexity index is 490. The molecule has 1 aromatic carbocycles. The summed E-state index contributed by atoms with van der Waals surface area (Å²) in [5, 5.41) is 9.34. The van der Waals surface area contributed by atoms with Crippen molar-refractivity contribution < 1.29 is 9.18 Å². The van der Waals surface area contributed by atoms with Crippen LogP contribution in [0.2, 0.25) is 0 Å². The summed E-state index contributed by atoms with van der Waals surface area (Å²) < 4.78 is 13.4. The van der Waals surface area contributed by atoms with Gasteiger partial charge in [-0.2, -0.15) is 11.8 Å². The van der Waals surface area contributed by atoms with Crippen LogP contribution in [0.4, 0.5) is 15.8 Å². The topological polar surface area (TPSA) is 53.2 Å². The first kappa shape index (κ1) is 16.1. The van der Waals surface area contributed by atoms with E-state index in [9.17, 15) is 9.18 Å². The van der Waals surface area contributed by atoms with Crippen LogP contribution in [0.5, 0.6) is 0 Å². The van der Waals surface area contributed by atoms with E-state index < -0.39 is 0 Å². The van der Waals surface area contributed by atoms with Gasteiger partial charge < -0.3 is 16.0 Å². The molecule has 1 aromatic rings. The number of benzene rings is 1. The molecule has 3 N–H and O–H groups in total. The summed E-state index contributed by atoms with van der Waals surface area (Å²) in [5.74, 6) is 1.58. The van der Waals surface area contributed by atoms with E-state index in [4.69, 9.17) is 0 Å². The Morgan fingerprint density at radius 2 is 2.29 bits per heavy atom. The third-order valence-electron chi connectivity index (χ3n) is 3.13. The van der Waals surface area contributed by atoms with Gasteiger partial charge in [-0.15, -0.1) is 0 Å². The first-order valence-electron chi connectivity index (χ1n) is 7.21. The molecule has 2 rings (SSSR count). The Morgan fingerprint density at radius 3 is 2.95 bits per heavy atom. The smallest absolute Gasteiger partial charge is 0.226 e. The van der Waals surface area contributed by atoms with Gasteiger partial charge in [0.05, 0.1) is 11.4 Å². The summed E-state index contributed by atoms with van der Waals surface area (Å²) in [4.78, 5) is 12.1. The number of hydrogen-bond donors (Lipinski definition) is 3. The minimum atomic E-state index is -0.356. The Labute approximate surface area is 129 Å². The second-order valence-corrected chi connectivity index (χ2v) is 6.62. The van der Waals surface area contributed by atoms with Crippen LogP contribution in [0.25, 0.3) is 0 Å². The van der Waals surface area contributed by atoms with E-state index in [0.29, 0.717) is 12.1 Å². The van der Waals surface area contributed by atoms with Crippen molar-refractivity contribution >= 4 is 29.0 Å². The molecule has 116 valence electrons. The maximum absolute atomic E-state index is 13.4. The molecule has 0 spiro atoms. The fourth-order valence-corrected chi connectivity index (χ4v) is 3.18. The van der Waals surface area contributed by atoms with E-state index in [0.717, 1.165) is 23.7 Å². The van der Waals surface area contributed by atoms with Crippen molar-refractivity contribution in [1.82, 2.24) is 5.32 Å². The van der Waals surface area contributed by atoms with Crippen molar-refractivity contribution in [2.24, 2.45) is 0 Å². The van der Waals surface area contributed by atoms with Crippen LogP contribution in [0, 0.1) is 5.82 Å². The zero-order valence-electron chi connectivity index (χ0n) is 12.4. The van der Waals surface area contributed by atoms with Gasteiger partial charge in [0.2, 0.25) is 5.91 Å². The molecule has 1 saturated heterocycles. The van der Waals surface area contributed by atoms with Gasteiger partial charge in [-0.05, 0) is 32.0 Å². The predicted octanol–water partition coefficient (Wildman–Crippen LogP) is 2.68. The van der Waals surface area contributed by atoms with Crippen LogP contribution < -0.4 is 16.0 Å². The van der Waals surface area contributed by atoms with Gasteiger partial charge in [-0.25, -0.2) is 4.39 Å². The van der Waals surface area contributed by atoms with Crippen LogP contribution in [-0.4, -0.2) is 36.0 Å². The van der Waals surface area contributed by atoms with Crippen LogP contribution >= 0.6 is 11.8 Å². The highest BCUT2D eigenvalue weighted by Crippen LogP contribution is 2.24. The molecule has 1 unspecified atom stereocenters. The molecule has 1 aliphatic heterocycles. The summed E-state index contributed by atoms with van der Waals surface area (Å²) in [6, 6.07) is 4.80. The minimum Gasteiger partial charge on any atom is -0.381 e. The lowest BCUT2D eigenvalue weighted by molar-refractivity contribution is -0.116. The number of carbonyl (C=O) groups is 1. The third kappa shape index (κ3) is 5.21. The fourth-order valence-electron chi connectivity index (χ4n) is 2.23. The van der Waals surface area contributed by atoms with Crippen LogP contribution in [0.1, 0.15) is 20.3 Å². The van der Waals surface area contributed by atoms with Gasteiger partial charge in [0.15, 0.2) is 0 Å². The van der Waals surface area contributed by atoms with Gasteiger partial charge in [-0.3, -0.25) is 4.79 Å². The molecule has 0 aliphatic carbocycles. The minimum absolute atomic E-state index is 0.0904. The highest BCUT2D eigenvalue weighted by molar-refractivity contribution is 7.99. The van der Waals surface area contributed by atoms with E-state index in [2.05, 4.69) is 16.0 Å². The lowest BCUT2D eigenvalue weighted by Crippen LogP contribution is -2.40. The molecule has 1 amide bonds. The van der Waals surface area contributed by atoms with Gasteiger partial charge in [0.25, 0.3) is 0 Å². The molecule has 4 nitrogen and oxygen atoms in total. The third-order valence-corrected chi connectivity index (χ3v) is 4.26. The summed E-state index contributed by atoms with van der Waals surface area (Å²) in [6.07, 6.45) is 0.407. The second kappa shape index (κ2) is 7.66. The molecule has 0 aromatic heterocycles. The van der Waals surface area contributed by atoms with Crippen molar-refractivity contribution in [2.75, 3.05) is 28.7 Å². The number of thioether (sulfide) groups is 1. The van der Waals surface area contributed by atoms with E-state index in [1.165, 1.54) is 12.1 Å². The molecule has 0 bridgehead atoms.